The Morgan fingerprint density at radius 2 is 1.86 bits per heavy atom. The first-order valence-electron chi connectivity index (χ1n) is 8.17. The minimum atomic E-state index is -1.55. The summed E-state index contributed by atoms with van der Waals surface area (Å²) in [4.78, 5) is 64.1. The Morgan fingerprint density at radius 1 is 1.24 bits per heavy atom. The second-order valence-corrected chi connectivity index (χ2v) is 7.44. The second-order valence-electron chi connectivity index (χ2n) is 6.06. The van der Waals surface area contributed by atoms with Gasteiger partial charge in [-0.1, -0.05) is 35.9 Å². The quantitative estimate of drug-likeness (QED) is 0.399. The standard InChI is InChI=1S/C18H12ClN3O6S/c1-8(23)13(11(24)6-20-18-21-7-12(29-18)22(27)28)14-15(19)17(26)10-5-3-2-4-9(10)16(14)25/h2-5,7,13H,6H2,1H3,(H,20,21). The third-order valence-electron chi connectivity index (χ3n) is 4.20. The minimum absolute atomic E-state index is 0.0689. The molecule has 1 aromatic carbocycles. The van der Waals surface area contributed by atoms with Crippen LogP contribution >= 0.6 is 22.9 Å². The molecule has 1 unspecified atom stereocenters. The van der Waals surface area contributed by atoms with Gasteiger partial charge in [0.1, 0.15) is 17.9 Å². The maximum atomic E-state index is 12.9. The SMILES string of the molecule is CC(=O)C(C(=O)CNc1ncc([N+](=O)[O-])s1)C1=C(Cl)C(=O)c2ccccc2C1=O. The summed E-state index contributed by atoms with van der Waals surface area (Å²) in [5, 5.41) is 12.7. The number of nitrogens with zero attached hydrogens (tertiary/aromatic N) is 2. The highest BCUT2D eigenvalue weighted by Gasteiger charge is 2.40. The molecule has 0 saturated carbocycles. The highest BCUT2D eigenvalue weighted by molar-refractivity contribution is 7.18. The largest absolute Gasteiger partial charge is 0.354 e. The molecule has 0 spiro atoms. The van der Waals surface area contributed by atoms with Gasteiger partial charge in [-0.05, 0) is 18.3 Å². The molecule has 1 heterocycles. The highest BCUT2D eigenvalue weighted by Crippen LogP contribution is 2.33. The summed E-state index contributed by atoms with van der Waals surface area (Å²) >= 11 is 6.81. The zero-order valence-corrected chi connectivity index (χ0v) is 16.4. The molecule has 0 amide bonds. The van der Waals surface area contributed by atoms with Gasteiger partial charge in [-0.3, -0.25) is 29.3 Å². The van der Waals surface area contributed by atoms with Crippen LogP contribution in [0.3, 0.4) is 0 Å². The Labute approximate surface area is 172 Å². The molecule has 1 N–H and O–H groups in total. The van der Waals surface area contributed by atoms with Crippen molar-refractivity contribution in [3.63, 3.8) is 0 Å². The summed E-state index contributed by atoms with van der Waals surface area (Å²) in [6.07, 6.45) is 1.03. The van der Waals surface area contributed by atoms with Crippen LogP contribution in [0.1, 0.15) is 27.6 Å². The molecule has 2 aromatic rings. The molecule has 1 aliphatic rings. The number of carbonyl (C=O) groups excluding carboxylic acids is 4. The second kappa shape index (κ2) is 8.02. The normalized spacial score (nSPS) is 14.4. The molecule has 9 nitrogen and oxygen atoms in total. The van der Waals surface area contributed by atoms with Gasteiger partial charge in [0.15, 0.2) is 16.7 Å². The lowest BCUT2D eigenvalue weighted by atomic mass is 9.80. The smallest absolute Gasteiger partial charge is 0.345 e. The van der Waals surface area contributed by atoms with Gasteiger partial charge in [-0.25, -0.2) is 4.98 Å². The van der Waals surface area contributed by atoms with Crippen LogP contribution in [0.25, 0.3) is 0 Å². The molecule has 1 aliphatic carbocycles. The van der Waals surface area contributed by atoms with Gasteiger partial charge in [0.05, 0.1) is 16.5 Å². The average molecular weight is 434 g/mol. The molecule has 29 heavy (non-hydrogen) atoms. The molecule has 0 fully saturated rings. The number of hydrogen-bond donors (Lipinski definition) is 1. The molecule has 148 valence electrons. The van der Waals surface area contributed by atoms with E-state index in [1.807, 2.05) is 0 Å². The van der Waals surface area contributed by atoms with Gasteiger partial charge in [-0.2, -0.15) is 0 Å². The summed E-state index contributed by atoms with van der Waals surface area (Å²) in [5.41, 5.74) is -0.187. The van der Waals surface area contributed by atoms with Crippen molar-refractivity contribution < 1.29 is 24.1 Å². The van der Waals surface area contributed by atoms with Crippen molar-refractivity contribution in [3.05, 3.63) is 62.3 Å². The number of Topliss-reactive ketones (excluding diaryl/α,β-unsaturated/α-hetero) is 4. The fraction of sp³-hybridized carbons (Fsp3) is 0.167. The summed E-state index contributed by atoms with van der Waals surface area (Å²) in [5.74, 6) is -4.22. The number of nitro groups is 1. The Kier molecular flexibility index (Phi) is 5.66. The number of thiazole rings is 1. The first kappa shape index (κ1) is 20.5. The molecule has 11 heteroatoms. The average Bonchev–Trinajstić information content (AvgIpc) is 3.17. The number of hydrogen-bond acceptors (Lipinski definition) is 9. The number of anilines is 1. The maximum absolute atomic E-state index is 12.9. The van der Waals surface area contributed by atoms with Crippen LogP contribution in [-0.2, 0) is 9.59 Å². The molecular weight excluding hydrogens is 422 g/mol. The van der Waals surface area contributed by atoms with Crippen LogP contribution in [0.2, 0.25) is 0 Å². The lowest BCUT2D eigenvalue weighted by Gasteiger charge is -2.22. The number of ketones is 4. The van der Waals surface area contributed by atoms with E-state index < -0.39 is 45.6 Å². The number of rotatable bonds is 7. The molecule has 3 rings (SSSR count). The molecule has 1 aromatic heterocycles. The zero-order chi connectivity index (χ0) is 21.3. The molecule has 0 saturated heterocycles. The fourth-order valence-electron chi connectivity index (χ4n) is 2.91. The van der Waals surface area contributed by atoms with E-state index in [1.165, 1.54) is 12.1 Å². The van der Waals surface area contributed by atoms with Gasteiger partial charge in [0.25, 0.3) is 0 Å². The van der Waals surface area contributed by atoms with Gasteiger partial charge in [-0.15, -0.1) is 0 Å². The third kappa shape index (κ3) is 3.84. The maximum Gasteiger partial charge on any atom is 0.345 e. The summed E-state index contributed by atoms with van der Waals surface area (Å²) < 4.78 is 0. The Balaban J connectivity index is 1.89. The number of carbonyl (C=O) groups is 4. The number of fused-ring (bicyclic) bond motifs is 1. The van der Waals surface area contributed by atoms with Crippen LogP contribution in [0.5, 0.6) is 0 Å². The summed E-state index contributed by atoms with van der Waals surface area (Å²) in [7, 11) is 0. The first-order valence-corrected chi connectivity index (χ1v) is 9.37. The zero-order valence-electron chi connectivity index (χ0n) is 14.8. The van der Waals surface area contributed by atoms with E-state index in [0.717, 1.165) is 13.1 Å². The molecule has 0 aliphatic heterocycles. The topological polar surface area (TPSA) is 136 Å². The monoisotopic (exact) mass is 433 g/mol. The molecular formula is C18H12ClN3O6S. The lowest BCUT2D eigenvalue weighted by molar-refractivity contribution is -0.380. The third-order valence-corrected chi connectivity index (χ3v) is 5.48. The van der Waals surface area contributed by atoms with E-state index in [9.17, 15) is 29.3 Å². The first-order chi connectivity index (χ1) is 13.7. The van der Waals surface area contributed by atoms with Crippen molar-refractivity contribution in [2.24, 2.45) is 5.92 Å². The van der Waals surface area contributed by atoms with E-state index >= 15 is 0 Å². The number of halogens is 1. The Bertz CT molecular complexity index is 1110. The van der Waals surface area contributed by atoms with Crippen LogP contribution in [0, 0.1) is 16.0 Å². The summed E-state index contributed by atoms with van der Waals surface area (Å²) in [6, 6.07) is 6.00. The van der Waals surface area contributed by atoms with Crippen molar-refractivity contribution in [3.8, 4) is 0 Å². The lowest BCUT2D eigenvalue weighted by Crippen LogP contribution is -2.35. The minimum Gasteiger partial charge on any atom is -0.354 e. The van der Waals surface area contributed by atoms with Crippen molar-refractivity contribution in [1.29, 1.82) is 0 Å². The van der Waals surface area contributed by atoms with Crippen molar-refractivity contribution >= 4 is 56.2 Å². The van der Waals surface area contributed by atoms with Crippen LogP contribution < -0.4 is 5.32 Å². The number of nitrogens with one attached hydrogen (secondary N) is 1. The molecule has 1 atom stereocenters. The van der Waals surface area contributed by atoms with Crippen molar-refractivity contribution in [1.82, 2.24) is 4.98 Å². The number of allylic oxidation sites excluding steroid dienone is 2. The van der Waals surface area contributed by atoms with Crippen molar-refractivity contribution in [2.75, 3.05) is 11.9 Å². The van der Waals surface area contributed by atoms with E-state index in [0.29, 0.717) is 11.3 Å². The van der Waals surface area contributed by atoms with E-state index in [4.69, 9.17) is 11.6 Å². The highest BCUT2D eigenvalue weighted by atomic mass is 35.5. The summed E-state index contributed by atoms with van der Waals surface area (Å²) in [6.45, 7) is 0.679. The van der Waals surface area contributed by atoms with E-state index in [-0.39, 0.29) is 26.8 Å². The van der Waals surface area contributed by atoms with Crippen LogP contribution in [0.15, 0.2) is 41.1 Å². The molecule has 0 radical (unpaired) electrons. The van der Waals surface area contributed by atoms with E-state index in [2.05, 4.69) is 10.3 Å². The predicted octanol–water partition coefficient (Wildman–Crippen LogP) is 2.81. The van der Waals surface area contributed by atoms with E-state index in [1.54, 1.807) is 12.1 Å². The fourth-order valence-corrected chi connectivity index (χ4v) is 3.83. The Morgan fingerprint density at radius 3 is 2.41 bits per heavy atom. The number of benzene rings is 1. The van der Waals surface area contributed by atoms with Crippen molar-refractivity contribution in [2.45, 2.75) is 6.92 Å². The van der Waals surface area contributed by atoms with Gasteiger partial charge >= 0.3 is 5.00 Å². The van der Waals surface area contributed by atoms with Crippen LogP contribution in [0.4, 0.5) is 10.1 Å². The van der Waals surface area contributed by atoms with Crippen LogP contribution in [-0.4, -0.2) is 39.6 Å². The Hall–Kier alpha value is -3.24. The predicted molar refractivity (Wildman–Crippen MR) is 104 cm³/mol. The van der Waals surface area contributed by atoms with Gasteiger partial charge in [0, 0.05) is 16.7 Å². The van der Waals surface area contributed by atoms with Gasteiger partial charge < -0.3 is 5.32 Å². The molecule has 0 bridgehead atoms. The number of aromatic nitrogens is 1. The van der Waals surface area contributed by atoms with Gasteiger partial charge in [0.2, 0.25) is 5.78 Å².